The SMILES string of the molecule is CC[C@H](NC(=O)CN(c1cc(C)ccc1OC)S(C)(=O)=O)c1ccc(C)c(C)c1. The van der Waals surface area contributed by atoms with E-state index in [-0.39, 0.29) is 18.5 Å². The minimum atomic E-state index is -3.69. The van der Waals surface area contributed by atoms with Gasteiger partial charge in [-0.15, -0.1) is 0 Å². The van der Waals surface area contributed by atoms with Crippen LogP contribution in [0.1, 0.15) is 41.6 Å². The first-order valence-electron chi connectivity index (χ1n) is 9.55. The molecular weight excluding hydrogens is 388 g/mol. The molecule has 2 aromatic carbocycles. The molecule has 0 aliphatic carbocycles. The highest BCUT2D eigenvalue weighted by molar-refractivity contribution is 7.92. The van der Waals surface area contributed by atoms with Crippen LogP contribution < -0.4 is 14.4 Å². The van der Waals surface area contributed by atoms with Crippen molar-refractivity contribution in [1.82, 2.24) is 5.32 Å². The lowest BCUT2D eigenvalue weighted by Crippen LogP contribution is -2.41. The van der Waals surface area contributed by atoms with Crippen LogP contribution in [0.15, 0.2) is 36.4 Å². The van der Waals surface area contributed by atoms with E-state index in [9.17, 15) is 13.2 Å². The number of carbonyl (C=O) groups excluding carboxylic acids is 1. The second-order valence-electron chi connectivity index (χ2n) is 7.32. The van der Waals surface area contributed by atoms with Gasteiger partial charge < -0.3 is 10.1 Å². The van der Waals surface area contributed by atoms with E-state index in [1.165, 1.54) is 12.7 Å². The number of benzene rings is 2. The summed E-state index contributed by atoms with van der Waals surface area (Å²) in [6.07, 6.45) is 1.78. The highest BCUT2D eigenvalue weighted by Gasteiger charge is 2.25. The molecule has 0 radical (unpaired) electrons. The van der Waals surface area contributed by atoms with Crippen molar-refractivity contribution in [3.63, 3.8) is 0 Å². The summed E-state index contributed by atoms with van der Waals surface area (Å²) in [7, 11) is -2.22. The lowest BCUT2D eigenvalue weighted by Gasteiger charge is -2.26. The van der Waals surface area contributed by atoms with E-state index in [4.69, 9.17) is 4.74 Å². The molecule has 0 saturated heterocycles. The topological polar surface area (TPSA) is 75.7 Å². The number of carbonyl (C=O) groups is 1. The molecule has 1 atom stereocenters. The van der Waals surface area contributed by atoms with E-state index < -0.39 is 10.0 Å². The predicted molar refractivity (Wildman–Crippen MR) is 117 cm³/mol. The fraction of sp³-hybridized carbons (Fsp3) is 0.409. The van der Waals surface area contributed by atoms with E-state index in [0.717, 1.165) is 27.3 Å². The van der Waals surface area contributed by atoms with E-state index >= 15 is 0 Å². The fourth-order valence-electron chi connectivity index (χ4n) is 3.15. The van der Waals surface area contributed by atoms with Crippen molar-refractivity contribution in [2.24, 2.45) is 0 Å². The minimum Gasteiger partial charge on any atom is -0.495 e. The molecule has 0 fully saturated rings. The van der Waals surface area contributed by atoms with Crippen LogP contribution in [0.4, 0.5) is 5.69 Å². The van der Waals surface area contributed by atoms with Crippen LogP contribution in [-0.2, 0) is 14.8 Å². The van der Waals surface area contributed by atoms with Gasteiger partial charge in [-0.3, -0.25) is 9.10 Å². The molecule has 0 bridgehead atoms. The van der Waals surface area contributed by atoms with E-state index in [1.807, 2.05) is 45.9 Å². The second-order valence-corrected chi connectivity index (χ2v) is 9.22. The molecule has 0 spiro atoms. The highest BCUT2D eigenvalue weighted by Crippen LogP contribution is 2.31. The number of aryl methyl sites for hydroxylation is 3. The number of hydrogen-bond acceptors (Lipinski definition) is 4. The molecule has 158 valence electrons. The Morgan fingerprint density at radius 1 is 1.10 bits per heavy atom. The normalized spacial score (nSPS) is 12.3. The van der Waals surface area contributed by atoms with Gasteiger partial charge in [0.25, 0.3) is 0 Å². The number of nitrogens with zero attached hydrogens (tertiary/aromatic N) is 1. The first-order valence-corrected chi connectivity index (χ1v) is 11.4. The zero-order valence-corrected chi connectivity index (χ0v) is 18.8. The molecule has 7 heteroatoms. The molecule has 0 unspecified atom stereocenters. The van der Waals surface area contributed by atoms with Crippen LogP contribution in [0.2, 0.25) is 0 Å². The van der Waals surface area contributed by atoms with E-state index in [1.54, 1.807) is 12.1 Å². The zero-order valence-electron chi connectivity index (χ0n) is 17.9. The summed E-state index contributed by atoms with van der Waals surface area (Å²) >= 11 is 0. The molecule has 0 aliphatic heterocycles. The lowest BCUT2D eigenvalue weighted by molar-refractivity contribution is -0.120. The Labute approximate surface area is 173 Å². The van der Waals surface area contributed by atoms with Crippen LogP contribution in [0.3, 0.4) is 0 Å². The summed E-state index contributed by atoms with van der Waals surface area (Å²) in [4.78, 5) is 12.8. The molecule has 29 heavy (non-hydrogen) atoms. The smallest absolute Gasteiger partial charge is 0.241 e. The van der Waals surface area contributed by atoms with Gasteiger partial charge in [-0.1, -0.05) is 31.2 Å². The Kier molecular flexibility index (Phi) is 7.30. The fourth-order valence-corrected chi connectivity index (χ4v) is 4.00. The monoisotopic (exact) mass is 418 g/mol. The molecule has 2 aromatic rings. The Hall–Kier alpha value is -2.54. The largest absolute Gasteiger partial charge is 0.495 e. The molecule has 0 aliphatic rings. The first kappa shape index (κ1) is 22.7. The van der Waals surface area contributed by atoms with Crippen molar-refractivity contribution in [1.29, 1.82) is 0 Å². The van der Waals surface area contributed by atoms with Gasteiger partial charge in [-0.2, -0.15) is 0 Å². The minimum absolute atomic E-state index is 0.192. The number of nitrogens with one attached hydrogen (secondary N) is 1. The maximum Gasteiger partial charge on any atom is 0.241 e. The molecule has 0 aromatic heterocycles. The standard InChI is InChI=1S/C22H30N2O4S/c1-7-19(18-10-9-16(3)17(4)13-18)23-22(25)14-24(29(6,26)27)20-12-15(2)8-11-21(20)28-5/h8-13,19H,7,14H2,1-6H3,(H,23,25)/t19-/m0/s1. The molecule has 0 heterocycles. The number of rotatable bonds is 8. The lowest BCUT2D eigenvalue weighted by atomic mass is 9.99. The molecule has 6 nitrogen and oxygen atoms in total. The maximum atomic E-state index is 12.8. The van der Waals surface area contributed by atoms with Crippen LogP contribution in [0.25, 0.3) is 0 Å². The first-order chi connectivity index (χ1) is 13.6. The third-order valence-corrected chi connectivity index (χ3v) is 6.09. The van der Waals surface area contributed by atoms with Gasteiger partial charge >= 0.3 is 0 Å². The third kappa shape index (κ3) is 5.73. The Morgan fingerprint density at radius 3 is 2.34 bits per heavy atom. The van der Waals surface area contributed by atoms with Crippen molar-refractivity contribution in [2.75, 3.05) is 24.2 Å². The molecule has 0 saturated carbocycles. The zero-order chi connectivity index (χ0) is 21.8. The molecular formula is C22H30N2O4S. The van der Waals surface area contributed by atoms with Crippen LogP contribution >= 0.6 is 0 Å². The number of hydrogen-bond donors (Lipinski definition) is 1. The average molecular weight is 419 g/mol. The van der Waals surface area contributed by atoms with Crippen molar-refractivity contribution in [2.45, 2.75) is 40.2 Å². The Bertz CT molecular complexity index is 986. The summed E-state index contributed by atoms with van der Waals surface area (Å²) in [5.74, 6) is 0.0269. The van der Waals surface area contributed by atoms with Crippen LogP contribution in [-0.4, -0.2) is 34.2 Å². The van der Waals surface area contributed by atoms with Gasteiger partial charge in [-0.25, -0.2) is 8.42 Å². The summed E-state index contributed by atoms with van der Waals surface area (Å²) in [5.41, 5.74) is 4.56. The van der Waals surface area contributed by atoms with Gasteiger partial charge in [0, 0.05) is 0 Å². The van der Waals surface area contributed by atoms with Gasteiger partial charge in [0.05, 0.1) is 25.1 Å². The predicted octanol–water partition coefficient (Wildman–Crippen LogP) is 3.65. The van der Waals surface area contributed by atoms with Gasteiger partial charge in [0.2, 0.25) is 15.9 Å². The summed E-state index contributed by atoms with van der Waals surface area (Å²) in [6, 6.07) is 11.1. The number of ether oxygens (including phenoxy) is 1. The number of methoxy groups -OCH3 is 1. The Morgan fingerprint density at radius 2 is 1.79 bits per heavy atom. The quantitative estimate of drug-likeness (QED) is 0.710. The molecule has 1 amide bonds. The highest BCUT2D eigenvalue weighted by atomic mass is 32.2. The van der Waals surface area contributed by atoms with E-state index in [2.05, 4.69) is 11.4 Å². The van der Waals surface area contributed by atoms with Crippen molar-refractivity contribution in [3.05, 3.63) is 58.7 Å². The maximum absolute atomic E-state index is 12.8. The van der Waals surface area contributed by atoms with Crippen molar-refractivity contribution in [3.8, 4) is 5.75 Å². The third-order valence-electron chi connectivity index (χ3n) is 4.97. The summed E-state index contributed by atoms with van der Waals surface area (Å²) in [6.45, 7) is 7.59. The van der Waals surface area contributed by atoms with Gasteiger partial charge in [0.15, 0.2) is 0 Å². The van der Waals surface area contributed by atoms with Gasteiger partial charge in [-0.05, 0) is 61.6 Å². The number of amides is 1. The number of anilines is 1. The van der Waals surface area contributed by atoms with Gasteiger partial charge in [0.1, 0.15) is 12.3 Å². The van der Waals surface area contributed by atoms with Crippen molar-refractivity contribution < 1.29 is 17.9 Å². The number of sulfonamides is 1. The van der Waals surface area contributed by atoms with Crippen LogP contribution in [0.5, 0.6) is 5.75 Å². The van der Waals surface area contributed by atoms with E-state index in [0.29, 0.717) is 17.9 Å². The molecule has 2 rings (SSSR count). The summed E-state index contributed by atoms with van der Waals surface area (Å²) < 4.78 is 31.3. The summed E-state index contributed by atoms with van der Waals surface area (Å²) in [5, 5.41) is 2.97. The average Bonchev–Trinajstić information content (AvgIpc) is 2.65. The van der Waals surface area contributed by atoms with Crippen molar-refractivity contribution >= 4 is 21.6 Å². The molecule has 1 N–H and O–H groups in total. The van der Waals surface area contributed by atoms with Crippen LogP contribution in [0, 0.1) is 20.8 Å². The second kappa shape index (κ2) is 9.31. The Balaban J connectivity index is 2.29.